The van der Waals surface area contributed by atoms with E-state index in [-0.39, 0.29) is 11.5 Å². The molecule has 1 rings (SSSR count). The number of nitrogens with one attached hydrogen (secondary N) is 1. The molecule has 0 fully saturated rings. The highest BCUT2D eigenvalue weighted by molar-refractivity contribution is 6.30. The van der Waals surface area contributed by atoms with Crippen molar-refractivity contribution in [3.8, 4) is 0 Å². The smallest absolute Gasteiger partial charge is 0.130 e. The van der Waals surface area contributed by atoms with Crippen molar-refractivity contribution in [1.29, 1.82) is 0 Å². The van der Waals surface area contributed by atoms with Crippen molar-refractivity contribution in [1.82, 2.24) is 15.2 Å². The molecular weight excluding hydrogens is 236 g/mol. The zero-order chi connectivity index (χ0) is 13.2. The van der Waals surface area contributed by atoms with Gasteiger partial charge in [-0.2, -0.15) is 5.10 Å². The van der Waals surface area contributed by atoms with Gasteiger partial charge in [0.1, 0.15) is 5.15 Å². The van der Waals surface area contributed by atoms with E-state index in [1.807, 2.05) is 14.0 Å². The summed E-state index contributed by atoms with van der Waals surface area (Å²) in [5, 5.41) is 5.02. The van der Waals surface area contributed by atoms with Crippen molar-refractivity contribution < 1.29 is 0 Å². The van der Waals surface area contributed by atoms with Gasteiger partial charge in [-0.25, -0.2) is 0 Å². The first-order chi connectivity index (χ1) is 7.74. The van der Waals surface area contributed by atoms with Crippen molar-refractivity contribution in [2.75, 3.05) is 0 Å². The first-order valence-electron chi connectivity index (χ1n) is 5.88. The third kappa shape index (κ3) is 3.98. The van der Waals surface area contributed by atoms with Crippen molar-refractivity contribution in [2.45, 2.75) is 46.6 Å². The first kappa shape index (κ1) is 14.5. The first-order valence-corrected chi connectivity index (χ1v) is 6.26. The Labute approximate surface area is 108 Å². The summed E-state index contributed by atoms with van der Waals surface area (Å²) in [5.74, 6) is 5.61. The average molecular weight is 259 g/mol. The summed E-state index contributed by atoms with van der Waals surface area (Å²) in [5.41, 5.74) is 5.17. The molecule has 0 amide bonds. The molecule has 3 N–H and O–H groups in total. The summed E-state index contributed by atoms with van der Waals surface area (Å²) in [6.45, 7) is 8.59. The van der Waals surface area contributed by atoms with E-state index in [1.165, 1.54) is 0 Å². The molecule has 5 heteroatoms. The maximum Gasteiger partial charge on any atom is 0.130 e. The molecule has 0 aromatic carbocycles. The summed E-state index contributed by atoms with van der Waals surface area (Å²) in [6, 6.07) is 0.218. The van der Waals surface area contributed by atoms with Gasteiger partial charge in [0.05, 0.1) is 5.69 Å². The minimum absolute atomic E-state index is 0.218. The molecule has 0 saturated heterocycles. The van der Waals surface area contributed by atoms with Gasteiger partial charge in [0.15, 0.2) is 0 Å². The van der Waals surface area contributed by atoms with Crippen molar-refractivity contribution in [3.05, 3.63) is 16.4 Å². The Kier molecular flexibility index (Phi) is 4.58. The van der Waals surface area contributed by atoms with E-state index in [9.17, 15) is 0 Å². The third-order valence-electron chi connectivity index (χ3n) is 2.81. The number of aromatic nitrogens is 2. The number of aryl methyl sites for hydroxylation is 2. The quantitative estimate of drug-likeness (QED) is 0.643. The van der Waals surface area contributed by atoms with E-state index in [4.69, 9.17) is 17.4 Å². The topological polar surface area (TPSA) is 55.9 Å². The van der Waals surface area contributed by atoms with Crippen LogP contribution in [0.1, 0.15) is 38.4 Å². The summed E-state index contributed by atoms with van der Waals surface area (Å²) >= 11 is 6.22. The molecule has 0 saturated carbocycles. The monoisotopic (exact) mass is 258 g/mol. The van der Waals surface area contributed by atoms with Gasteiger partial charge in [-0.15, -0.1) is 0 Å². The number of hydrazine groups is 1. The standard InChI is InChI=1S/C12H23ClN4/c1-8-10(11(13)17(5)16-8)6-9(15-14)7-12(2,3)4/h9,15H,6-7,14H2,1-5H3. The fourth-order valence-electron chi connectivity index (χ4n) is 2.08. The molecule has 0 bridgehead atoms. The third-order valence-corrected chi connectivity index (χ3v) is 3.29. The van der Waals surface area contributed by atoms with Crippen LogP contribution in [0.4, 0.5) is 0 Å². The highest BCUT2D eigenvalue weighted by Gasteiger charge is 2.21. The Bertz CT molecular complexity index is 379. The lowest BCUT2D eigenvalue weighted by Gasteiger charge is -2.25. The maximum absolute atomic E-state index is 6.22. The lowest BCUT2D eigenvalue weighted by atomic mass is 9.86. The fraction of sp³-hybridized carbons (Fsp3) is 0.750. The molecule has 1 aromatic heterocycles. The van der Waals surface area contributed by atoms with Crippen LogP contribution < -0.4 is 11.3 Å². The fourth-order valence-corrected chi connectivity index (χ4v) is 2.33. The largest absolute Gasteiger partial charge is 0.271 e. The lowest BCUT2D eigenvalue weighted by molar-refractivity contribution is 0.308. The highest BCUT2D eigenvalue weighted by atomic mass is 35.5. The van der Waals surface area contributed by atoms with Crippen LogP contribution in [0, 0.1) is 12.3 Å². The molecule has 1 aromatic rings. The average Bonchev–Trinajstić information content (AvgIpc) is 2.42. The van der Waals surface area contributed by atoms with E-state index in [1.54, 1.807) is 4.68 Å². The van der Waals surface area contributed by atoms with Crippen LogP contribution in [0.3, 0.4) is 0 Å². The number of hydrogen-bond acceptors (Lipinski definition) is 3. The van der Waals surface area contributed by atoms with Crippen LogP contribution in [0.2, 0.25) is 5.15 Å². The van der Waals surface area contributed by atoms with Gasteiger partial charge in [-0.1, -0.05) is 32.4 Å². The minimum atomic E-state index is 0.218. The number of nitrogens with zero attached hydrogens (tertiary/aromatic N) is 2. The van der Waals surface area contributed by atoms with Crippen LogP contribution in [-0.2, 0) is 13.5 Å². The second kappa shape index (κ2) is 5.38. The molecule has 4 nitrogen and oxygen atoms in total. The highest BCUT2D eigenvalue weighted by Crippen LogP contribution is 2.25. The molecule has 0 spiro atoms. The van der Waals surface area contributed by atoms with Gasteiger partial charge in [0, 0.05) is 18.7 Å². The minimum Gasteiger partial charge on any atom is -0.271 e. The predicted molar refractivity (Wildman–Crippen MR) is 71.8 cm³/mol. The molecule has 17 heavy (non-hydrogen) atoms. The van der Waals surface area contributed by atoms with Crippen molar-refractivity contribution in [2.24, 2.45) is 18.3 Å². The van der Waals surface area contributed by atoms with Gasteiger partial charge < -0.3 is 0 Å². The lowest BCUT2D eigenvalue weighted by Crippen LogP contribution is -2.39. The van der Waals surface area contributed by atoms with Crippen molar-refractivity contribution in [3.63, 3.8) is 0 Å². The number of nitrogens with two attached hydrogens (primary N) is 1. The Morgan fingerprint density at radius 3 is 2.41 bits per heavy atom. The molecule has 1 atom stereocenters. The summed E-state index contributed by atoms with van der Waals surface area (Å²) in [4.78, 5) is 0. The second-order valence-corrected chi connectivity index (χ2v) is 6.17. The van der Waals surface area contributed by atoms with Crippen LogP contribution in [0.25, 0.3) is 0 Å². The van der Waals surface area contributed by atoms with Crippen LogP contribution >= 0.6 is 11.6 Å². The van der Waals surface area contributed by atoms with E-state index in [0.717, 1.165) is 24.1 Å². The van der Waals surface area contributed by atoms with Gasteiger partial charge in [-0.3, -0.25) is 16.0 Å². The SMILES string of the molecule is Cc1nn(C)c(Cl)c1CC(CC(C)(C)C)NN. The Balaban J connectivity index is 2.81. The van der Waals surface area contributed by atoms with Gasteiger partial charge >= 0.3 is 0 Å². The molecule has 98 valence electrons. The van der Waals surface area contributed by atoms with Gasteiger partial charge in [-0.05, 0) is 25.2 Å². The van der Waals surface area contributed by atoms with E-state index in [2.05, 4.69) is 31.3 Å². The zero-order valence-corrected chi connectivity index (χ0v) is 12.1. The Morgan fingerprint density at radius 1 is 1.47 bits per heavy atom. The number of hydrogen-bond donors (Lipinski definition) is 2. The molecule has 1 heterocycles. The molecule has 0 aliphatic heterocycles. The normalized spacial score (nSPS) is 14.1. The Morgan fingerprint density at radius 2 is 2.06 bits per heavy atom. The van der Waals surface area contributed by atoms with Gasteiger partial charge in [0.25, 0.3) is 0 Å². The summed E-state index contributed by atoms with van der Waals surface area (Å²) in [6.07, 6.45) is 1.81. The molecule has 1 unspecified atom stereocenters. The van der Waals surface area contributed by atoms with Crippen LogP contribution in [-0.4, -0.2) is 15.8 Å². The summed E-state index contributed by atoms with van der Waals surface area (Å²) < 4.78 is 1.71. The van der Waals surface area contributed by atoms with E-state index >= 15 is 0 Å². The molecular formula is C12H23ClN4. The van der Waals surface area contributed by atoms with E-state index < -0.39 is 0 Å². The summed E-state index contributed by atoms with van der Waals surface area (Å²) in [7, 11) is 1.85. The van der Waals surface area contributed by atoms with Gasteiger partial charge in [0.2, 0.25) is 0 Å². The molecule has 0 aliphatic carbocycles. The maximum atomic E-state index is 6.22. The number of rotatable bonds is 4. The van der Waals surface area contributed by atoms with Crippen LogP contribution in [0.5, 0.6) is 0 Å². The zero-order valence-electron chi connectivity index (χ0n) is 11.3. The van der Waals surface area contributed by atoms with Crippen LogP contribution in [0.15, 0.2) is 0 Å². The van der Waals surface area contributed by atoms with Crippen molar-refractivity contribution >= 4 is 11.6 Å². The molecule has 0 aliphatic rings. The molecule has 0 radical (unpaired) electrons. The Hall–Kier alpha value is -0.580. The van der Waals surface area contributed by atoms with E-state index in [0.29, 0.717) is 5.15 Å². The predicted octanol–water partition coefficient (Wildman–Crippen LogP) is 2.19. The number of halogens is 1. The second-order valence-electron chi connectivity index (χ2n) is 5.81.